The smallest absolute Gasteiger partial charge is 0.251 e. The van der Waals surface area contributed by atoms with Gasteiger partial charge in [-0.1, -0.05) is 6.42 Å². The molecule has 2 N–H and O–H groups in total. The third-order valence-corrected chi connectivity index (χ3v) is 6.73. The molecule has 8 heteroatoms. The molecule has 0 bridgehead atoms. The van der Waals surface area contributed by atoms with E-state index in [9.17, 15) is 18.0 Å². The lowest BCUT2D eigenvalue weighted by atomic mass is 10.1. The number of benzene rings is 1. The van der Waals surface area contributed by atoms with E-state index in [2.05, 4.69) is 10.6 Å². The maximum Gasteiger partial charge on any atom is 0.251 e. The molecule has 2 unspecified atom stereocenters. The zero-order valence-electron chi connectivity index (χ0n) is 17.3. The first-order valence-electron chi connectivity index (χ1n) is 9.66. The van der Waals surface area contributed by atoms with Crippen LogP contribution in [0.15, 0.2) is 29.2 Å². The number of piperidine rings is 1. The van der Waals surface area contributed by atoms with Crippen LogP contribution in [-0.2, 0) is 14.8 Å². The lowest BCUT2D eigenvalue weighted by Gasteiger charge is -2.32. The van der Waals surface area contributed by atoms with Gasteiger partial charge in [-0.05, 0) is 71.7 Å². The summed E-state index contributed by atoms with van der Waals surface area (Å²) in [5.74, 6) is -0.703. The number of carbonyl (C=O) groups excluding carboxylic acids is 2. The summed E-state index contributed by atoms with van der Waals surface area (Å²) in [5, 5.41) is 5.44. The van der Waals surface area contributed by atoms with Gasteiger partial charge in [-0.15, -0.1) is 0 Å². The Hall–Kier alpha value is -1.93. The van der Waals surface area contributed by atoms with Crippen LogP contribution in [0.5, 0.6) is 0 Å². The van der Waals surface area contributed by atoms with E-state index in [-0.39, 0.29) is 16.8 Å². The van der Waals surface area contributed by atoms with Gasteiger partial charge in [0, 0.05) is 23.7 Å². The van der Waals surface area contributed by atoms with E-state index in [4.69, 9.17) is 0 Å². The second-order valence-corrected chi connectivity index (χ2v) is 10.3. The highest BCUT2D eigenvalue weighted by molar-refractivity contribution is 7.89. The van der Waals surface area contributed by atoms with Crippen molar-refractivity contribution in [3.8, 4) is 0 Å². The SMILES string of the molecule is CC(NC(=O)c1ccc(S(=O)(=O)N2CCCCC2C)cc1)C(=O)NC(C)(C)C. The second-order valence-electron chi connectivity index (χ2n) is 8.42. The van der Waals surface area contributed by atoms with Crippen LogP contribution in [0, 0.1) is 0 Å². The van der Waals surface area contributed by atoms with E-state index in [0.717, 1.165) is 19.3 Å². The quantitative estimate of drug-likeness (QED) is 0.780. The molecular weight excluding hydrogens is 378 g/mol. The molecular formula is C20H31N3O4S. The molecule has 28 heavy (non-hydrogen) atoms. The zero-order chi connectivity index (χ0) is 21.1. The van der Waals surface area contributed by atoms with Crippen LogP contribution in [-0.4, -0.2) is 48.7 Å². The minimum absolute atomic E-state index is 0.0242. The lowest BCUT2D eigenvalue weighted by Crippen LogP contribution is -2.50. The maximum absolute atomic E-state index is 12.9. The summed E-state index contributed by atoms with van der Waals surface area (Å²) in [6, 6.07) is 5.13. The molecule has 156 valence electrons. The molecule has 2 atom stereocenters. The van der Waals surface area contributed by atoms with Gasteiger partial charge in [0.15, 0.2) is 0 Å². The van der Waals surface area contributed by atoms with E-state index in [0.29, 0.717) is 12.1 Å². The van der Waals surface area contributed by atoms with Gasteiger partial charge in [0.25, 0.3) is 5.91 Å². The van der Waals surface area contributed by atoms with Crippen molar-refractivity contribution in [2.45, 2.75) is 76.4 Å². The highest BCUT2D eigenvalue weighted by atomic mass is 32.2. The van der Waals surface area contributed by atoms with Crippen LogP contribution in [0.4, 0.5) is 0 Å². The monoisotopic (exact) mass is 409 g/mol. The molecule has 2 amide bonds. The molecule has 0 spiro atoms. The van der Waals surface area contributed by atoms with Crippen LogP contribution in [0.25, 0.3) is 0 Å². The van der Waals surface area contributed by atoms with E-state index < -0.39 is 27.5 Å². The van der Waals surface area contributed by atoms with Crippen molar-refractivity contribution in [2.24, 2.45) is 0 Å². The first-order valence-corrected chi connectivity index (χ1v) is 11.1. The Bertz CT molecular complexity index is 813. The number of rotatable bonds is 5. The van der Waals surface area contributed by atoms with Gasteiger partial charge in [0.1, 0.15) is 6.04 Å². The summed E-state index contributed by atoms with van der Waals surface area (Å²) in [5.41, 5.74) is -0.0847. The number of nitrogens with zero attached hydrogens (tertiary/aromatic N) is 1. The maximum atomic E-state index is 12.9. The topological polar surface area (TPSA) is 95.6 Å². The summed E-state index contributed by atoms with van der Waals surface area (Å²) in [4.78, 5) is 24.7. The van der Waals surface area contributed by atoms with Gasteiger partial charge >= 0.3 is 0 Å². The number of hydrogen-bond acceptors (Lipinski definition) is 4. The predicted molar refractivity (Wildman–Crippen MR) is 108 cm³/mol. The minimum Gasteiger partial charge on any atom is -0.350 e. The first kappa shape index (κ1) is 22.4. The van der Waals surface area contributed by atoms with Crippen LogP contribution in [0.2, 0.25) is 0 Å². The summed E-state index contributed by atoms with van der Waals surface area (Å²) < 4.78 is 27.2. The number of sulfonamides is 1. The Balaban J connectivity index is 2.07. The van der Waals surface area contributed by atoms with Crippen LogP contribution >= 0.6 is 0 Å². The third kappa shape index (κ3) is 5.54. The van der Waals surface area contributed by atoms with E-state index in [1.807, 2.05) is 27.7 Å². The largest absolute Gasteiger partial charge is 0.350 e. The van der Waals surface area contributed by atoms with Crippen LogP contribution < -0.4 is 10.6 Å². The number of hydrogen-bond donors (Lipinski definition) is 2. The van der Waals surface area contributed by atoms with Crippen LogP contribution in [0.3, 0.4) is 0 Å². The van der Waals surface area contributed by atoms with Crippen molar-refractivity contribution >= 4 is 21.8 Å². The van der Waals surface area contributed by atoms with E-state index >= 15 is 0 Å². The number of carbonyl (C=O) groups is 2. The molecule has 1 aliphatic rings. The summed E-state index contributed by atoms with van der Waals surface area (Å²) in [7, 11) is -3.57. The van der Waals surface area contributed by atoms with Crippen molar-refractivity contribution in [3.63, 3.8) is 0 Å². The Morgan fingerprint density at radius 1 is 1.14 bits per heavy atom. The molecule has 1 aromatic rings. The Morgan fingerprint density at radius 3 is 2.29 bits per heavy atom. The Labute approximate surface area is 167 Å². The van der Waals surface area contributed by atoms with E-state index in [1.54, 1.807) is 6.92 Å². The average molecular weight is 410 g/mol. The molecule has 2 rings (SSSR count). The van der Waals surface area contributed by atoms with Crippen molar-refractivity contribution in [3.05, 3.63) is 29.8 Å². The van der Waals surface area contributed by atoms with Crippen LogP contribution in [0.1, 0.15) is 64.2 Å². The number of nitrogens with one attached hydrogen (secondary N) is 2. The molecule has 0 radical (unpaired) electrons. The van der Waals surface area contributed by atoms with Gasteiger partial charge in [0.2, 0.25) is 15.9 Å². The van der Waals surface area contributed by atoms with Gasteiger partial charge < -0.3 is 10.6 Å². The molecule has 0 aliphatic carbocycles. The molecule has 0 aromatic heterocycles. The predicted octanol–water partition coefficient (Wildman–Crippen LogP) is 2.28. The summed E-state index contributed by atoms with van der Waals surface area (Å²) in [6.07, 6.45) is 2.75. The normalized spacial score (nSPS) is 19.7. The Morgan fingerprint density at radius 2 is 1.75 bits per heavy atom. The molecule has 7 nitrogen and oxygen atoms in total. The highest BCUT2D eigenvalue weighted by Crippen LogP contribution is 2.25. The molecule has 1 aromatic carbocycles. The Kier molecular flexibility index (Phi) is 6.88. The van der Waals surface area contributed by atoms with Gasteiger partial charge in [0.05, 0.1) is 4.90 Å². The third-order valence-electron chi connectivity index (χ3n) is 4.70. The lowest BCUT2D eigenvalue weighted by molar-refractivity contribution is -0.124. The fourth-order valence-electron chi connectivity index (χ4n) is 3.17. The van der Waals surface area contributed by atoms with Gasteiger partial charge in [-0.2, -0.15) is 4.31 Å². The molecule has 1 saturated heterocycles. The standard InChI is InChI=1S/C20H31N3O4S/c1-14-8-6-7-13-23(14)28(26,27)17-11-9-16(10-12-17)19(25)21-15(2)18(24)22-20(3,4)5/h9-12,14-15H,6-8,13H2,1-5H3,(H,21,25)(H,22,24). The average Bonchev–Trinajstić information content (AvgIpc) is 2.60. The molecule has 0 saturated carbocycles. The molecule has 1 fully saturated rings. The summed E-state index contributed by atoms with van der Waals surface area (Å²) in [6.45, 7) is 9.63. The molecule has 1 aliphatic heterocycles. The summed E-state index contributed by atoms with van der Waals surface area (Å²) >= 11 is 0. The van der Waals surface area contributed by atoms with Crippen molar-refractivity contribution in [1.29, 1.82) is 0 Å². The van der Waals surface area contributed by atoms with Gasteiger partial charge in [-0.25, -0.2) is 8.42 Å². The highest BCUT2D eigenvalue weighted by Gasteiger charge is 2.31. The zero-order valence-corrected chi connectivity index (χ0v) is 18.1. The van der Waals surface area contributed by atoms with Crippen molar-refractivity contribution < 1.29 is 18.0 Å². The fourth-order valence-corrected chi connectivity index (χ4v) is 4.87. The van der Waals surface area contributed by atoms with E-state index in [1.165, 1.54) is 28.6 Å². The number of amides is 2. The fraction of sp³-hybridized carbons (Fsp3) is 0.600. The second kappa shape index (κ2) is 8.61. The van der Waals surface area contributed by atoms with Crippen molar-refractivity contribution in [2.75, 3.05) is 6.54 Å². The first-order chi connectivity index (χ1) is 12.9. The van der Waals surface area contributed by atoms with Crippen molar-refractivity contribution in [1.82, 2.24) is 14.9 Å². The molecule has 1 heterocycles. The minimum atomic E-state index is -3.57. The van der Waals surface area contributed by atoms with Gasteiger partial charge in [-0.3, -0.25) is 9.59 Å².